The fourth-order valence-corrected chi connectivity index (χ4v) is 4.96. The lowest BCUT2D eigenvalue weighted by Gasteiger charge is -2.18. The van der Waals surface area contributed by atoms with Crippen molar-refractivity contribution >= 4 is 44.3 Å². The second kappa shape index (κ2) is 11.0. The van der Waals surface area contributed by atoms with Gasteiger partial charge in [-0.1, -0.05) is 32.1 Å². The van der Waals surface area contributed by atoms with Crippen LogP contribution in [0.1, 0.15) is 59.3 Å². The maximum atomic E-state index is 13.2. The number of anilines is 1. The first-order valence-electron chi connectivity index (χ1n) is 12.0. The smallest absolute Gasteiger partial charge is 0.270 e. The zero-order valence-corrected chi connectivity index (χ0v) is 21.6. The number of fused-ring (bicyclic) bond motifs is 2. The fourth-order valence-electron chi connectivity index (χ4n) is 4.12. The number of imidazole rings is 1. The second-order valence-corrected chi connectivity index (χ2v) is 10.0. The third-order valence-corrected chi connectivity index (χ3v) is 6.81. The molecule has 36 heavy (non-hydrogen) atoms. The number of carbonyl (C=O) groups excluding carboxylic acids is 2. The van der Waals surface area contributed by atoms with Crippen LogP contribution in [0.4, 0.5) is 5.13 Å². The number of pyridine rings is 2. The first kappa shape index (κ1) is 25.5. The van der Waals surface area contributed by atoms with E-state index in [-0.39, 0.29) is 31.0 Å². The van der Waals surface area contributed by atoms with Crippen LogP contribution < -0.4 is 16.0 Å². The number of hydrogen-bond donors (Lipinski definition) is 4. The topological polar surface area (TPSA) is 134 Å². The molecule has 0 unspecified atom stereocenters. The fraction of sp³-hybridized carbons (Fsp3) is 0.400. The molecule has 0 bridgehead atoms. The molecule has 0 saturated heterocycles. The predicted molar refractivity (Wildman–Crippen MR) is 140 cm³/mol. The van der Waals surface area contributed by atoms with E-state index in [0.29, 0.717) is 47.0 Å². The van der Waals surface area contributed by atoms with Gasteiger partial charge in [0.2, 0.25) is 0 Å². The highest BCUT2D eigenvalue weighted by molar-refractivity contribution is 7.22. The maximum absolute atomic E-state index is 13.2. The van der Waals surface area contributed by atoms with Gasteiger partial charge < -0.3 is 21.1 Å². The minimum atomic E-state index is -0.354. The molecule has 0 fully saturated rings. The molecule has 0 radical (unpaired) electrons. The standard InChI is InChI=1S/C25H31N7O3S/c1-5-18-20(24(35)29-16(13-33)9-14(2)3)32-8-6-7-17(22(32)30-18)23(34)28-12-15-10-19-21(27-11-15)31-25(26-4)36-19/h6-8,10-11,14,16,33H,5,9,12-13H2,1-4H3,(H,28,34)(H,29,35)(H,26,27,31)/t16-/m1/s1. The van der Waals surface area contributed by atoms with Crippen LogP contribution in [0.3, 0.4) is 0 Å². The van der Waals surface area contributed by atoms with Crippen molar-refractivity contribution in [3.8, 4) is 0 Å². The number of amides is 2. The molecule has 4 heterocycles. The molecule has 10 nitrogen and oxygen atoms in total. The average molecular weight is 510 g/mol. The van der Waals surface area contributed by atoms with Crippen LogP contribution in [0, 0.1) is 5.92 Å². The number of nitrogens with one attached hydrogen (secondary N) is 3. The van der Waals surface area contributed by atoms with Crippen molar-refractivity contribution in [2.45, 2.75) is 46.2 Å². The van der Waals surface area contributed by atoms with Crippen molar-refractivity contribution in [2.75, 3.05) is 19.0 Å². The van der Waals surface area contributed by atoms with Crippen LogP contribution in [0.25, 0.3) is 16.0 Å². The number of aliphatic hydroxyl groups excluding tert-OH is 1. The van der Waals surface area contributed by atoms with Crippen LogP contribution in [0.2, 0.25) is 0 Å². The Bertz CT molecular complexity index is 1400. The summed E-state index contributed by atoms with van der Waals surface area (Å²) in [6.07, 6.45) is 4.61. The molecule has 0 aromatic carbocycles. The highest BCUT2D eigenvalue weighted by atomic mass is 32.1. The van der Waals surface area contributed by atoms with Crippen molar-refractivity contribution in [3.63, 3.8) is 0 Å². The van der Waals surface area contributed by atoms with Crippen molar-refractivity contribution in [2.24, 2.45) is 5.92 Å². The van der Waals surface area contributed by atoms with Gasteiger partial charge in [-0.05, 0) is 42.5 Å². The van der Waals surface area contributed by atoms with Gasteiger partial charge in [-0.15, -0.1) is 0 Å². The summed E-state index contributed by atoms with van der Waals surface area (Å²) in [5.41, 5.74) is 3.27. The number of aliphatic hydroxyl groups is 1. The van der Waals surface area contributed by atoms with Crippen LogP contribution in [0.5, 0.6) is 0 Å². The summed E-state index contributed by atoms with van der Waals surface area (Å²) in [7, 11) is 1.81. The van der Waals surface area contributed by atoms with Gasteiger partial charge in [-0.25, -0.2) is 15.0 Å². The molecule has 190 valence electrons. The third kappa shape index (κ3) is 5.31. The third-order valence-electron chi connectivity index (χ3n) is 5.80. The molecular weight excluding hydrogens is 478 g/mol. The molecule has 0 aliphatic heterocycles. The summed E-state index contributed by atoms with van der Waals surface area (Å²) in [6, 6.07) is 5.02. The molecule has 4 N–H and O–H groups in total. The van der Waals surface area contributed by atoms with Gasteiger partial charge in [-0.2, -0.15) is 0 Å². The second-order valence-electron chi connectivity index (χ2n) is 8.98. The summed E-state index contributed by atoms with van der Waals surface area (Å²) in [6.45, 7) is 6.14. The number of hydrogen-bond acceptors (Lipinski definition) is 8. The lowest BCUT2D eigenvalue weighted by atomic mass is 10.0. The summed E-state index contributed by atoms with van der Waals surface area (Å²) < 4.78 is 2.58. The molecule has 0 spiro atoms. The molecule has 1 atom stereocenters. The zero-order chi connectivity index (χ0) is 25.8. The minimum absolute atomic E-state index is 0.145. The molecule has 0 saturated carbocycles. The Kier molecular flexibility index (Phi) is 7.80. The number of nitrogens with zero attached hydrogens (tertiary/aromatic N) is 4. The van der Waals surface area contributed by atoms with Gasteiger partial charge in [0.15, 0.2) is 16.4 Å². The summed E-state index contributed by atoms with van der Waals surface area (Å²) in [5, 5.41) is 19.4. The van der Waals surface area contributed by atoms with Crippen molar-refractivity contribution in [1.82, 2.24) is 30.0 Å². The molecule has 4 aromatic heterocycles. The Morgan fingerprint density at radius 3 is 2.72 bits per heavy atom. The van der Waals surface area contributed by atoms with E-state index in [2.05, 4.69) is 30.9 Å². The summed E-state index contributed by atoms with van der Waals surface area (Å²) in [5.74, 6) is -0.294. The summed E-state index contributed by atoms with van der Waals surface area (Å²) >= 11 is 1.50. The van der Waals surface area contributed by atoms with Crippen molar-refractivity contribution in [1.29, 1.82) is 0 Å². The lowest BCUT2D eigenvalue weighted by Crippen LogP contribution is -2.39. The Morgan fingerprint density at radius 2 is 2.03 bits per heavy atom. The van der Waals surface area contributed by atoms with E-state index in [9.17, 15) is 14.7 Å². The van der Waals surface area contributed by atoms with Gasteiger partial charge in [0, 0.05) is 26.0 Å². The van der Waals surface area contributed by atoms with E-state index in [1.54, 1.807) is 28.9 Å². The predicted octanol–water partition coefficient (Wildman–Crippen LogP) is 3.01. The maximum Gasteiger partial charge on any atom is 0.270 e. The first-order valence-corrected chi connectivity index (χ1v) is 12.8. The zero-order valence-electron chi connectivity index (χ0n) is 20.8. The van der Waals surface area contributed by atoms with E-state index in [4.69, 9.17) is 0 Å². The van der Waals surface area contributed by atoms with E-state index in [1.807, 2.05) is 33.9 Å². The monoisotopic (exact) mass is 509 g/mol. The molecular formula is C25H31N7O3S. The van der Waals surface area contributed by atoms with Crippen LogP contribution in [-0.2, 0) is 13.0 Å². The van der Waals surface area contributed by atoms with E-state index < -0.39 is 0 Å². The van der Waals surface area contributed by atoms with E-state index in [0.717, 1.165) is 15.4 Å². The SMILES string of the molecule is CCc1nc2c(C(=O)NCc3cnc4nc(NC)sc4c3)cccn2c1C(=O)N[C@@H](CO)CC(C)C. The number of rotatable bonds is 10. The first-order chi connectivity index (χ1) is 17.3. The highest BCUT2D eigenvalue weighted by Gasteiger charge is 2.24. The quantitative estimate of drug-likeness (QED) is 0.258. The van der Waals surface area contributed by atoms with E-state index >= 15 is 0 Å². The van der Waals surface area contributed by atoms with Crippen LogP contribution >= 0.6 is 11.3 Å². The number of thiazole rings is 1. The van der Waals surface area contributed by atoms with Crippen molar-refractivity contribution < 1.29 is 14.7 Å². The van der Waals surface area contributed by atoms with Gasteiger partial charge in [-0.3, -0.25) is 14.0 Å². The minimum Gasteiger partial charge on any atom is -0.394 e. The molecule has 11 heteroatoms. The van der Waals surface area contributed by atoms with Gasteiger partial charge >= 0.3 is 0 Å². The molecule has 4 aromatic rings. The Labute approximate surface area is 213 Å². The molecule has 2 amide bonds. The van der Waals surface area contributed by atoms with Gasteiger partial charge in [0.1, 0.15) is 5.69 Å². The van der Waals surface area contributed by atoms with E-state index in [1.165, 1.54) is 11.3 Å². The van der Waals surface area contributed by atoms with Crippen LogP contribution in [0.15, 0.2) is 30.6 Å². The number of aryl methyl sites for hydroxylation is 1. The Balaban J connectivity index is 1.56. The Hall–Kier alpha value is -3.57. The van der Waals surface area contributed by atoms with Gasteiger partial charge in [0.25, 0.3) is 11.8 Å². The normalized spacial score (nSPS) is 12.3. The molecule has 0 aliphatic rings. The van der Waals surface area contributed by atoms with Gasteiger partial charge in [0.05, 0.1) is 28.6 Å². The Morgan fingerprint density at radius 1 is 1.22 bits per heavy atom. The molecule has 4 rings (SSSR count). The summed E-state index contributed by atoms with van der Waals surface area (Å²) in [4.78, 5) is 39.7. The van der Waals surface area contributed by atoms with Crippen molar-refractivity contribution in [3.05, 3.63) is 53.1 Å². The largest absolute Gasteiger partial charge is 0.394 e. The molecule has 0 aliphatic carbocycles. The number of carbonyl (C=O) groups is 2. The number of aromatic nitrogens is 4. The lowest BCUT2D eigenvalue weighted by molar-refractivity contribution is 0.0899. The van der Waals surface area contributed by atoms with Crippen LogP contribution in [-0.4, -0.2) is 56.0 Å². The average Bonchev–Trinajstić information content (AvgIpc) is 3.46. The highest BCUT2D eigenvalue weighted by Crippen LogP contribution is 2.25.